The van der Waals surface area contributed by atoms with Gasteiger partial charge >= 0.3 is 12.5 Å². The van der Waals surface area contributed by atoms with Gasteiger partial charge in [0.1, 0.15) is 11.9 Å². The molecule has 0 radical (unpaired) electrons. The van der Waals surface area contributed by atoms with E-state index in [-0.39, 0.29) is 13.1 Å². The number of halogens is 3. The molecule has 0 saturated carbocycles. The maximum atomic E-state index is 14.7. The van der Waals surface area contributed by atoms with Crippen LogP contribution in [-0.4, -0.2) is 75.9 Å². The molecule has 0 bridgehead atoms. The van der Waals surface area contributed by atoms with Crippen molar-refractivity contribution in [2.24, 2.45) is 0 Å². The lowest BCUT2D eigenvalue weighted by molar-refractivity contribution is -0.132. The second kappa shape index (κ2) is 8.65. The molecule has 28 heavy (non-hydrogen) atoms. The summed E-state index contributed by atoms with van der Waals surface area (Å²) in [6.07, 6.45) is -4.64. The first-order chi connectivity index (χ1) is 13.3. The molecule has 2 saturated heterocycles. The Morgan fingerprint density at radius 3 is 2.86 bits per heavy atom. The van der Waals surface area contributed by atoms with Gasteiger partial charge in [0.15, 0.2) is 0 Å². The first kappa shape index (κ1) is 20.2. The average Bonchev–Trinajstić information content (AvgIpc) is 2.89. The Balaban J connectivity index is 1.64. The van der Waals surface area contributed by atoms with Crippen LogP contribution in [0.3, 0.4) is 0 Å². The third-order valence-corrected chi connectivity index (χ3v) is 4.63. The molecule has 2 amide bonds. The molecule has 0 aromatic heterocycles. The zero-order valence-corrected chi connectivity index (χ0v) is 15.3. The molecule has 154 valence electrons. The molecule has 0 unspecified atom stereocenters. The Morgan fingerprint density at radius 2 is 2.14 bits per heavy atom. The number of hydrogen-bond donors (Lipinski definition) is 2. The molecule has 1 aromatic rings. The molecule has 2 fully saturated rings. The van der Waals surface area contributed by atoms with Crippen LogP contribution in [0, 0.1) is 5.82 Å². The lowest BCUT2D eigenvalue weighted by Crippen LogP contribution is -2.37. The largest absolute Gasteiger partial charge is 0.442 e. The van der Waals surface area contributed by atoms with Crippen LogP contribution in [-0.2, 0) is 9.53 Å². The minimum Gasteiger partial charge on any atom is -0.442 e. The van der Waals surface area contributed by atoms with E-state index in [4.69, 9.17) is 4.74 Å². The maximum absolute atomic E-state index is 14.7. The number of cyclic esters (lactones) is 1. The SMILES string of the molecule is CN1CCN(c2ccc(N3C[C@H](CNC(=O)C(F)F)OC3=O)cc2F)CCN1. The molecule has 2 aliphatic rings. The molecule has 8 nitrogen and oxygen atoms in total. The van der Waals surface area contributed by atoms with Gasteiger partial charge in [0.2, 0.25) is 0 Å². The van der Waals surface area contributed by atoms with E-state index in [1.807, 2.05) is 22.3 Å². The van der Waals surface area contributed by atoms with E-state index in [1.165, 1.54) is 11.0 Å². The van der Waals surface area contributed by atoms with Gasteiger partial charge in [0, 0.05) is 33.2 Å². The number of amides is 2. The number of alkyl halides is 2. The van der Waals surface area contributed by atoms with E-state index in [0.717, 1.165) is 6.54 Å². The van der Waals surface area contributed by atoms with E-state index in [0.29, 0.717) is 31.0 Å². The summed E-state index contributed by atoms with van der Waals surface area (Å²) < 4.78 is 44.2. The summed E-state index contributed by atoms with van der Waals surface area (Å²) >= 11 is 0. The quantitative estimate of drug-likeness (QED) is 0.760. The smallest absolute Gasteiger partial charge is 0.414 e. The Bertz CT molecular complexity index is 736. The number of likely N-dealkylation sites (N-methyl/N-ethyl adjacent to an activating group) is 1. The van der Waals surface area contributed by atoms with E-state index < -0.39 is 30.3 Å². The number of carbonyl (C=O) groups excluding carboxylic acids is 2. The van der Waals surface area contributed by atoms with Gasteiger partial charge < -0.3 is 15.0 Å². The number of benzene rings is 1. The van der Waals surface area contributed by atoms with Crippen LogP contribution in [0.4, 0.5) is 29.3 Å². The molecule has 3 rings (SSSR count). The molecule has 0 spiro atoms. The Hall–Kier alpha value is -2.53. The molecule has 2 heterocycles. The molecular weight excluding hydrogens is 379 g/mol. The molecule has 1 atom stereocenters. The number of carbonyl (C=O) groups is 2. The van der Waals surface area contributed by atoms with Crippen molar-refractivity contribution in [3.63, 3.8) is 0 Å². The van der Waals surface area contributed by atoms with Gasteiger partial charge in [-0.2, -0.15) is 8.78 Å². The molecule has 2 aliphatic heterocycles. The normalized spacial score (nSPS) is 21.0. The number of hydrogen-bond acceptors (Lipinski definition) is 6. The minimum absolute atomic E-state index is 0.0273. The van der Waals surface area contributed by atoms with Crippen molar-refractivity contribution in [1.29, 1.82) is 0 Å². The second-order valence-electron chi connectivity index (χ2n) is 6.61. The van der Waals surface area contributed by atoms with Gasteiger partial charge in [-0.25, -0.2) is 14.2 Å². The van der Waals surface area contributed by atoms with Gasteiger partial charge in [-0.15, -0.1) is 0 Å². The van der Waals surface area contributed by atoms with Crippen LogP contribution in [0.5, 0.6) is 0 Å². The third-order valence-electron chi connectivity index (χ3n) is 4.63. The van der Waals surface area contributed by atoms with Crippen molar-refractivity contribution in [2.45, 2.75) is 12.5 Å². The van der Waals surface area contributed by atoms with Crippen molar-refractivity contribution < 1.29 is 27.5 Å². The van der Waals surface area contributed by atoms with E-state index in [2.05, 4.69) is 5.43 Å². The van der Waals surface area contributed by atoms with Crippen molar-refractivity contribution in [1.82, 2.24) is 15.8 Å². The number of hydrazine groups is 1. The van der Waals surface area contributed by atoms with Gasteiger partial charge in [-0.3, -0.25) is 15.1 Å². The number of nitrogens with one attached hydrogen (secondary N) is 2. The van der Waals surface area contributed by atoms with Crippen LogP contribution in [0.25, 0.3) is 0 Å². The highest BCUT2D eigenvalue weighted by atomic mass is 19.3. The zero-order valence-electron chi connectivity index (χ0n) is 15.3. The summed E-state index contributed by atoms with van der Waals surface area (Å²) in [5.41, 5.74) is 3.92. The van der Waals surface area contributed by atoms with E-state index in [1.54, 1.807) is 12.1 Å². The van der Waals surface area contributed by atoms with Gasteiger partial charge in [0.05, 0.1) is 24.5 Å². The van der Waals surface area contributed by atoms with Crippen LogP contribution in [0.1, 0.15) is 0 Å². The number of anilines is 2. The number of ether oxygens (including phenoxy) is 1. The zero-order chi connectivity index (χ0) is 20.3. The molecular formula is C17H22F3N5O3. The summed E-state index contributed by atoms with van der Waals surface area (Å²) in [5, 5.41) is 3.95. The van der Waals surface area contributed by atoms with Crippen LogP contribution in [0.2, 0.25) is 0 Å². The summed E-state index contributed by atoms with van der Waals surface area (Å²) in [7, 11) is 1.92. The Labute approximate surface area is 160 Å². The molecule has 11 heteroatoms. The summed E-state index contributed by atoms with van der Waals surface area (Å²) in [5.74, 6) is -1.90. The lowest BCUT2D eigenvalue weighted by atomic mass is 10.2. The van der Waals surface area contributed by atoms with Crippen molar-refractivity contribution >= 4 is 23.4 Å². The fraction of sp³-hybridized carbons (Fsp3) is 0.529. The molecule has 1 aromatic carbocycles. The molecule has 2 N–H and O–H groups in total. The monoisotopic (exact) mass is 401 g/mol. The first-order valence-corrected chi connectivity index (χ1v) is 8.88. The number of rotatable bonds is 5. The standard InChI is InChI=1S/C17H22F3N5O3/c1-23-6-7-24(5-4-22-23)14-3-2-11(8-13(14)18)25-10-12(28-17(25)27)9-21-16(26)15(19)20/h2-3,8,12,15,22H,4-7,9-10H2,1H3,(H,21,26)/t12-/m0/s1. The highest BCUT2D eigenvalue weighted by molar-refractivity contribution is 5.90. The van der Waals surface area contributed by atoms with Crippen LogP contribution >= 0.6 is 0 Å². The van der Waals surface area contributed by atoms with Crippen molar-refractivity contribution in [2.75, 3.05) is 56.1 Å². The predicted molar refractivity (Wildman–Crippen MR) is 95.9 cm³/mol. The fourth-order valence-corrected chi connectivity index (χ4v) is 3.13. The Morgan fingerprint density at radius 1 is 1.36 bits per heavy atom. The average molecular weight is 401 g/mol. The predicted octanol–water partition coefficient (Wildman–Crippen LogP) is 0.789. The highest BCUT2D eigenvalue weighted by Gasteiger charge is 2.33. The second-order valence-corrected chi connectivity index (χ2v) is 6.61. The van der Waals surface area contributed by atoms with Gasteiger partial charge in [0.25, 0.3) is 5.91 Å². The number of nitrogens with zero attached hydrogens (tertiary/aromatic N) is 3. The fourth-order valence-electron chi connectivity index (χ4n) is 3.13. The first-order valence-electron chi connectivity index (χ1n) is 8.88. The van der Waals surface area contributed by atoms with Crippen LogP contribution < -0.4 is 20.5 Å². The minimum atomic E-state index is -3.14. The summed E-state index contributed by atoms with van der Waals surface area (Å²) in [6, 6.07) is 4.47. The summed E-state index contributed by atoms with van der Waals surface area (Å²) in [4.78, 5) is 26.1. The molecule has 0 aliphatic carbocycles. The van der Waals surface area contributed by atoms with Gasteiger partial charge in [-0.1, -0.05) is 0 Å². The van der Waals surface area contributed by atoms with Crippen molar-refractivity contribution in [3.05, 3.63) is 24.0 Å². The lowest BCUT2D eigenvalue weighted by Gasteiger charge is -2.24. The van der Waals surface area contributed by atoms with Crippen molar-refractivity contribution in [3.8, 4) is 0 Å². The van der Waals surface area contributed by atoms with E-state index in [9.17, 15) is 22.8 Å². The van der Waals surface area contributed by atoms with Gasteiger partial charge in [-0.05, 0) is 18.2 Å². The topological polar surface area (TPSA) is 77.2 Å². The van der Waals surface area contributed by atoms with Crippen LogP contribution in [0.15, 0.2) is 18.2 Å². The van der Waals surface area contributed by atoms with E-state index >= 15 is 0 Å². The maximum Gasteiger partial charge on any atom is 0.414 e. The Kier molecular flexibility index (Phi) is 6.25. The highest BCUT2D eigenvalue weighted by Crippen LogP contribution is 2.28. The summed E-state index contributed by atoms with van der Waals surface area (Å²) in [6.45, 7) is 2.49. The third kappa shape index (κ3) is 4.65.